The molecular weight excluding hydrogens is 460 g/mol. The lowest BCUT2D eigenvalue weighted by Gasteiger charge is -2.29. The van der Waals surface area contributed by atoms with Gasteiger partial charge in [-0.25, -0.2) is 0 Å². The summed E-state index contributed by atoms with van der Waals surface area (Å²) in [5.41, 5.74) is 3.54. The molecule has 0 unspecified atom stereocenters. The van der Waals surface area contributed by atoms with E-state index in [1.807, 2.05) is 53.6 Å². The molecular formula is C23H25ClN6O2S. The van der Waals surface area contributed by atoms with Gasteiger partial charge in [0.05, 0.1) is 23.0 Å². The molecule has 4 rings (SSSR count). The van der Waals surface area contributed by atoms with Crippen molar-refractivity contribution < 1.29 is 9.59 Å². The standard InChI is InChI=1S/C23H25ClN6O2S/c1-3-30-22(17-7-5-4-6-15(17)2)27-28-23(30)33-14-21(32)26-16-8-9-19(18(24)12-16)29-11-10-25-20(31)13-29/h4-9,12H,3,10-11,13-14H2,1-2H3,(H,25,31)(H,26,32). The lowest BCUT2D eigenvalue weighted by molar-refractivity contribution is -0.120. The largest absolute Gasteiger partial charge is 0.359 e. The predicted molar refractivity (Wildman–Crippen MR) is 132 cm³/mol. The minimum Gasteiger partial charge on any atom is -0.359 e. The second-order valence-corrected chi connectivity index (χ2v) is 8.99. The van der Waals surface area contributed by atoms with Crippen molar-refractivity contribution in [2.75, 3.05) is 35.6 Å². The number of nitrogens with one attached hydrogen (secondary N) is 2. The number of rotatable bonds is 7. The number of thioether (sulfide) groups is 1. The predicted octanol–water partition coefficient (Wildman–Crippen LogP) is 3.59. The number of amides is 2. The molecule has 1 saturated heterocycles. The van der Waals surface area contributed by atoms with E-state index < -0.39 is 0 Å². The van der Waals surface area contributed by atoms with Crippen molar-refractivity contribution in [3.63, 3.8) is 0 Å². The fourth-order valence-corrected chi connectivity index (χ4v) is 4.82. The number of benzene rings is 2. The normalized spacial score (nSPS) is 13.7. The van der Waals surface area contributed by atoms with Crippen molar-refractivity contribution in [1.82, 2.24) is 20.1 Å². The van der Waals surface area contributed by atoms with Crippen molar-refractivity contribution in [3.8, 4) is 11.4 Å². The van der Waals surface area contributed by atoms with Gasteiger partial charge in [-0.05, 0) is 37.6 Å². The van der Waals surface area contributed by atoms with Gasteiger partial charge < -0.3 is 20.1 Å². The van der Waals surface area contributed by atoms with Crippen molar-refractivity contribution in [1.29, 1.82) is 0 Å². The Hall–Kier alpha value is -3.04. The third-order valence-corrected chi connectivity index (χ3v) is 6.63. The van der Waals surface area contributed by atoms with Gasteiger partial charge in [-0.3, -0.25) is 9.59 Å². The zero-order valence-corrected chi connectivity index (χ0v) is 20.0. The Labute approximate surface area is 201 Å². The lowest BCUT2D eigenvalue weighted by atomic mass is 10.1. The topological polar surface area (TPSA) is 92.2 Å². The highest BCUT2D eigenvalue weighted by molar-refractivity contribution is 7.99. The molecule has 3 aromatic rings. The molecule has 10 heteroatoms. The van der Waals surface area contributed by atoms with E-state index in [9.17, 15) is 9.59 Å². The van der Waals surface area contributed by atoms with Crippen LogP contribution >= 0.6 is 23.4 Å². The van der Waals surface area contributed by atoms with Gasteiger partial charge in [-0.1, -0.05) is 47.6 Å². The quantitative estimate of drug-likeness (QED) is 0.498. The van der Waals surface area contributed by atoms with Crippen LogP contribution < -0.4 is 15.5 Å². The van der Waals surface area contributed by atoms with Crippen LogP contribution in [0, 0.1) is 6.92 Å². The maximum Gasteiger partial charge on any atom is 0.239 e. The molecule has 0 aliphatic carbocycles. The molecule has 2 aromatic carbocycles. The summed E-state index contributed by atoms with van der Waals surface area (Å²) in [5.74, 6) is 0.797. The first kappa shape index (κ1) is 23.1. The van der Waals surface area contributed by atoms with Gasteiger partial charge in [0, 0.05) is 30.9 Å². The molecule has 0 radical (unpaired) electrons. The van der Waals surface area contributed by atoms with Crippen LogP contribution in [0.15, 0.2) is 47.6 Å². The van der Waals surface area contributed by atoms with Gasteiger partial charge in [-0.15, -0.1) is 10.2 Å². The van der Waals surface area contributed by atoms with E-state index in [0.29, 0.717) is 35.5 Å². The SMILES string of the molecule is CCn1c(SCC(=O)Nc2ccc(N3CCNC(=O)C3)c(Cl)c2)nnc1-c1ccccc1C. The number of carbonyl (C=O) groups is 2. The molecule has 172 valence electrons. The van der Waals surface area contributed by atoms with Crippen molar-refractivity contribution >= 4 is 46.6 Å². The van der Waals surface area contributed by atoms with Crippen LogP contribution in [0.4, 0.5) is 11.4 Å². The monoisotopic (exact) mass is 484 g/mol. The fourth-order valence-electron chi connectivity index (χ4n) is 3.72. The Bertz CT molecular complexity index is 1180. The fraction of sp³-hybridized carbons (Fsp3) is 0.304. The first-order valence-electron chi connectivity index (χ1n) is 10.7. The molecule has 2 N–H and O–H groups in total. The number of hydrogen-bond donors (Lipinski definition) is 2. The number of halogens is 1. The first-order chi connectivity index (χ1) is 16.0. The van der Waals surface area contributed by atoms with Gasteiger partial charge in [-0.2, -0.15) is 0 Å². The third kappa shape index (κ3) is 5.31. The maximum absolute atomic E-state index is 12.6. The van der Waals surface area contributed by atoms with E-state index in [2.05, 4.69) is 20.8 Å². The Kier molecular flexibility index (Phi) is 7.20. The molecule has 0 bridgehead atoms. The molecule has 2 amide bonds. The summed E-state index contributed by atoms with van der Waals surface area (Å²) in [6.45, 7) is 6.32. The Morgan fingerprint density at radius 1 is 1.24 bits per heavy atom. The molecule has 1 aromatic heterocycles. The Morgan fingerprint density at radius 3 is 2.79 bits per heavy atom. The smallest absolute Gasteiger partial charge is 0.239 e. The number of piperazine rings is 1. The number of aromatic nitrogens is 3. The van der Waals surface area contributed by atoms with E-state index in [-0.39, 0.29) is 24.1 Å². The second-order valence-electron chi connectivity index (χ2n) is 7.64. The van der Waals surface area contributed by atoms with E-state index in [0.717, 1.165) is 22.6 Å². The van der Waals surface area contributed by atoms with Gasteiger partial charge in [0.1, 0.15) is 0 Å². The summed E-state index contributed by atoms with van der Waals surface area (Å²) in [6, 6.07) is 13.4. The van der Waals surface area contributed by atoms with Crippen LogP contribution in [0.5, 0.6) is 0 Å². The summed E-state index contributed by atoms with van der Waals surface area (Å²) in [4.78, 5) is 26.1. The molecule has 8 nitrogen and oxygen atoms in total. The van der Waals surface area contributed by atoms with Crippen LogP contribution in [0.3, 0.4) is 0 Å². The number of carbonyl (C=O) groups excluding carboxylic acids is 2. The van der Waals surface area contributed by atoms with Gasteiger partial charge in [0.25, 0.3) is 0 Å². The van der Waals surface area contributed by atoms with Gasteiger partial charge in [0.2, 0.25) is 11.8 Å². The first-order valence-corrected chi connectivity index (χ1v) is 12.1. The molecule has 2 heterocycles. The highest BCUT2D eigenvalue weighted by Crippen LogP contribution is 2.30. The van der Waals surface area contributed by atoms with Crippen molar-refractivity contribution in [2.45, 2.75) is 25.5 Å². The van der Waals surface area contributed by atoms with E-state index in [1.54, 1.807) is 12.1 Å². The Balaban J connectivity index is 1.39. The summed E-state index contributed by atoms with van der Waals surface area (Å²) in [7, 11) is 0. The molecule has 0 spiro atoms. The minimum atomic E-state index is -0.163. The number of hydrogen-bond acceptors (Lipinski definition) is 6. The average molecular weight is 485 g/mol. The summed E-state index contributed by atoms with van der Waals surface area (Å²) in [5, 5.41) is 15.5. The summed E-state index contributed by atoms with van der Waals surface area (Å²) >= 11 is 7.77. The average Bonchev–Trinajstić information content (AvgIpc) is 3.21. The Morgan fingerprint density at radius 2 is 2.06 bits per heavy atom. The van der Waals surface area contributed by atoms with Crippen LogP contribution in [0.2, 0.25) is 5.02 Å². The number of anilines is 2. The van der Waals surface area contributed by atoms with Crippen LogP contribution in [0.25, 0.3) is 11.4 Å². The number of aryl methyl sites for hydroxylation is 1. The maximum atomic E-state index is 12.6. The highest BCUT2D eigenvalue weighted by atomic mass is 35.5. The lowest BCUT2D eigenvalue weighted by Crippen LogP contribution is -2.47. The molecule has 1 aliphatic rings. The molecule has 0 atom stereocenters. The zero-order valence-electron chi connectivity index (χ0n) is 18.5. The highest BCUT2D eigenvalue weighted by Gasteiger charge is 2.19. The van der Waals surface area contributed by atoms with E-state index >= 15 is 0 Å². The van der Waals surface area contributed by atoms with Crippen LogP contribution in [0.1, 0.15) is 12.5 Å². The zero-order chi connectivity index (χ0) is 23.4. The number of nitrogens with zero attached hydrogens (tertiary/aromatic N) is 4. The van der Waals surface area contributed by atoms with Gasteiger partial charge >= 0.3 is 0 Å². The van der Waals surface area contributed by atoms with Crippen molar-refractivity contribution in [2.24, 2.45) is 0 Å². The van der Waals surface area contributed by atoms with Crippen molar-refractivity contribution in [3.05, 3.63) is 53.1 Å². The second kappa shape index (κ2) is 10.3. The third-order valence-electron chi connectivity index (χ3n) is 5.36. The molecule has 1 aliphatic heterocycles. The molecule has 0 saturated carbocycles. The van der Waals surface area contributed by atoms with Gasteiger partial charge in [0.15, 0.2) is 11.0 Å². The summed E-state index contributed by atoms with van der Waals surface area (Å²) < 4.78 is 2.01. The molecule has 1 fully saturated rings. The van der Waals surface area contributed by atoms with E-state index in [1.165, 1.54) is 11.8 Å². The van der Waals surface area contributed by atoms with E-state index in [4.69, 9.17) is 11.6 Å². The molecule has 33 heavy (non-hydrogen) atoms. The minimum absolute atomic E-state index is 0.0303. The summed E-state index contributed by atoms with van der Waals surface area (Å²) in [6.07, 6.45) is 0. The van der Waals surface area contributed by atoms with Crippen LogP contribution in [-0.2, 0) is 16.1 Å². The van der Waals surface area contributed by atoms with Crippen LogP contribution in [-0.4, -0.2) is 52.0 Å².